The summed E-state index contributed by atoms with van der Waals surface area (Å²) in [7, 11) is 0. The van der Waals surface area contributed by atoms with E-state index in [2.05, 4.69) is 27.2 Å². The number of piperazine rings is 1. The van der Waals surface area contributed by atoms with E-state index >= 15 is 0 Å². The maximum Gasteiger partial charge on any atom is 0.573 e. The second kappa shape index (κ2) is 7.90. The van der Waals surface area contributed by atoms with E-state index in [-0.39, 0.29) is 11.9 Å². The molecule has 0 saturated carbocycles. The van der Waals surface area contributed by atoms with E-state index < -0.39 is 6.36 Å². The Labute approximate surface area is 145 Å². The van der Waals surface area contributed by atoms with Gasteiger partial charge in [-0.15, -0.1) is 13.2 Å². The van der Waals surface area contributed by atoms with Gasteiger partial charge in [-0.3, -0.25) is 4.90 Å². The van der Waals surface area contributed by atoms with Crippen LogP contribution in [-0.4, -0.2) is 56.6 Å². The normalized spacial score (nSPS) is 25.8. The van der Waals surface area contributed by atoms with Gasteiger partial charge in [-0.25, -0.2) is 0 Å². The molecule has 0 aliphatic carbocycles. The first-order chi connectivity index (χ1) is 11.9. The van der Waals surface area contributed by atoms with Gasteiger partial charge in [0.2, 0.25) is 0 Å². The fourth-order valence-electron chi connectivity index (χ4n) is 3.30. The van der Waals surface area contributed by atoms with Gasteiger partial charge in [-0.2, -0.15) is 0 Å². The minimum Gasteiger partial charge on any atom is -0.405 e. The van der Waals surface area contributed by atoms with Gasteiger partial charge in [0.15, 0.2) is 0 Å². The molecular formula is C17H24F3N3O2. The third kappa shape index (κ3) is 5.31. The molecule has 2 atom stereocenters. The van der Waals surface area contributed by atoms with Crippen molar-refractivity contribution < 1.29 is 22.6 Å². The Kier molecular flexibility index (Phi) is 5.83. The molecule has 0 spiro atoms. The van der Waals surface area contributed by atoms with Crippen LogP contribution in [0.25, 0.3) is 0 Å². The first-order valence-electron chi connectivity index (χ1n) is 8.57. The maximum absolute atomic E-state index is 12.8. The molecule has 0 bridgehead atoms. The molecule has 140 valence electrons. The molecule has 0 aromatic heterocycles. The highest BCUT2D eigenvalue weighted by molar-refractivity contribution is 5.39. The Hall–Kier alpha value is -1.35. The van der Waals surface area contributed by atoms with E-state index in [1.54, 1.807) is 6.07 Å². The van der Waals surface area contributed by atoms with Crippen LogP contribution in [0.15, 0.2) is 18.2 Å². The van der Waals surface area contributed by atoms with Gasteiger partial charge in [0.05, 0.1) is 12.7 Å². The molecule has 3 rings (SSSR count). The lowest BCUT2D eigenvalue weighted by Crippen LogP contribution is -2.48. The number of alkyl halides is 3. The monoisotopic (exact) mass is 359 g/mol. The number of halogens is 3. The molecule has 2 aliphatic heterocycles. The maximum atomic E-state index is 12.8. The second-order valence-corrected chi connectivity index (χ2v) is 6.57. The zero-order chi connectivity index (χ0) is 17.9. The van der Waals surface area contributed by atoms with Crippen LogP contribution in [0.2, 0.25) is 0 Å². The van der Waals surface area contributed by atoms with E-state index in [9.17, 15) is 13.2 Å². The number of benzene rings is 1. The van der Waals surface area contributed by atoms with E-state index in [1.807, 2.05) is 6.07 Å². The molecule has 2 saturated heterocycles. The third-order valence-corrected chi connectivity index (χ3v) is 4.46. The van der Waals surface area contributed by atoms with Crippen molar-refractivity contribution in [3.05, 3.63) is 29.3 Å². The van der Waals surface area contributed by atoms with Gasteiger partial charge < -0.3 is 20.1 Å². The molecule has 2 heterocycles. The van der Waals surface area contributed by atoms with E-state index in [1.165, 1.54) is 6.07 Å². The third-order valence-electron chi connectivity index (χ3n) is 4.46. The largest absolute Gasteiger partial charge is 0.573 e. The van der Waals surface area contributed by atoms with Crippen LogP contribution in [0, 0.1) is 0 Å². The molecule has 1 aromatic rings. The van der Waals surface area contributed by atoms with Crippen molar-refractivity contribution in [2.75, 3.05) is 39.3 Å². The average Bonchev–Trinajstić information content (AvgIpc) is 2.56. The van der Waals surface area contributed by atoms with Gasteiger partial charge in [0.25, 0.3) is 0 Å². The molecule has 8 heteroatoms. The molecule has 2 fully saturated rings. The lowest BCUT2D eigenvalue weighted by Gasteiger charge is -2.32. The molecule has 2 N–H and O–H groups in total. The van der Waals surface area contributed by atoms with Gasteiger partial charge >= 0.3 is 6.36 Å². The van der Waals surface area contributed by atoms with Crippen molar-refractivity contribution >= 4 is 0 Å². The van der Waals surface area contributed by atoms with Crippen molar-refractivity contribution in [2.45, 2.75) is 32.0 Å². The first-order valence-corrected chi connectivity index (χ1v) is 8.57. The van der Waals surface area contributed by atoms with Gasteiger partial charge in [-0.1, -0.05) is 12.1 Å². The van der Waals surface area contributed by atoms with Gasteiger partial charge in [-0.05, 0) is 18.6 Å². The summed E-state index contributed by atoms with van der Waals surface area (Å²) in [6.45, 7) is 6.80. The van der Waals surface area contributed by atoms with Crippen molar-refractivity contribution in [2.24, 2.45) is 0 Å². The molecule has 1 unspecified atom stereocenters. The molecule has 0 radical (unpaired) electrons. The van der Waals surface area contributed by atoms with E-state index in [0.29, 0.717) is 36.9 Å². The number of hydrogen-bond acceptors (Lipinski definition) is 5. The summed E-state index contributed by atoms with van der Waals surface area (Å²) in [5.41, 5.74) is 1.24. The summed E-state index contributed by atoms with van der Waals surface area (Å²) in [5, 5.41) is 6.51. The zero-order valence-corrected chi connectivity index (χ0v) is 14.2. The predicted octanol–water partition coefficient (Wildman–Crippen LogP) is 2.04. The van der Waals surface area contributed by atoms with Crippen molar-refractivity contribution in [3.63, 3.8) is 0 Å². The van der Waals surface area contributed by atoms with Gasteiger partial charge in [0.1, 0.15) is 5.75 Å². The molecule has 0 amide bonds. The van der Waals surface area contributed by atoms with Crippen LogP contribution in [0.3, 0.4) is 0 Å². The standard InChI is InChI=1S/C17H24F3N3O2/c1-12-10-23(6-4-22-12)11-14-3-2-13(16-9-21-5-7-24-16)8-15(14)25-17(18,19)20/h2-3,8,12,16,21-22H,4-7,9-11H2,1H3/t12-,16?/m1/s1. The fraction of sp³-hybridized carbons (Fsp3) is 0.647. The number of ether oxygens (including phenoxy) is 2. The van der Waals surface area contributed by atoms with E-state index in [0.717, 1.165) is 26.2 Å². The summed E-state index contributed by atoms with van der Waals surface area (Å²) >= 11 is 0. The number of nitrogens with one attached hydrogen (secondary N) is 2. The fourth-order valence-corrected chi connectivity index (χ4v) is 3.30. The summed E-state index contributed by atoms with van der Waals surface area (Å²) < 4.78 is 48.5. The topological polar surface area (TPSA) is 45.8 Å². The van der Waals surface area contributed by atoms with Crippen molar-refractivity contribution in [1.29, 1.82) is 0 Å². The predicted molar refractivity (Wildman–Crippen MR) is 87.4 cm³/mol. The quantitative estimate of drug-likeness (QED) is 0.862. The molecule has 2 aliphatic rings. The minimum atomic E-state index is -4.71. The Morgan fingerprint density at radius 3 is 2.84 bits per heavy atom. The SMILES string of the molecule is C[C@@H]1CN(Cc2ccc(C3CNCCO3)cc2OC(F)(F)F)CCN1. The summed E-state index contributed by atoms with van der Waals surface area (Å²) in [6, 6.07) is 5.34. The number of nitrogens with zero attached hydrogens (tertiary/aromatic N) is 1. The molecule has 25 heavy (non-hydrogen) atoms. The number of hydrogen-bond donors (Lipinski definition) is 2. The summed E-state index contributed by atoms with van der Waals surface area (Å²) in [6.07, 6.45) is -4.96. The Bertz CT molecular complexity index is 577. The lowest BCUT2D eigenvalue weighted by molar-refractivity contribution is -0.275. The first kappa shape index (κ1) is 18.4. The highest BCUT2D eigenvalue weighted by Gasteiger charge is 2.33. The van der Waals surface area contributed by atoms with Crippen LogP contribution < -0.4 is 15.4 Å². The molecule has 5 nitrogen and oxygen atoms in total. The van der Waals surface area contributed by atoms with Gasteiger partial charge in [0, 0.05) is 50.9 Å². The van der Waals surface area contributed by atoms with Crippen molar-refractivity contribution in [3.8, 4) is 5.75 Å². The highest BCUT2D eigenvalue weighted by Crippen LogP contribution is 2.31. The molecular weight excluding hydrogens is 335 g/mol. The Balaban J connectivity index is 1.80. The highest BCUT2D eigenvalue weighted by atomic mass is 19.4. The van der Waals surface area contributed by atoms with E-state index in [4.69, 9.17) is 4.74 Å². The summed E-state index contributed by atoms with van der Waals surface area (Å²) in [5.74, 6) is -0.134. The van der Waals surface area contributed by atoms with Crippen LogP contribution in [0.5, 0.6) is 5.75 Å². The Morgan fingerprint density at radius 1 is 1.32 bits per heavy atom. The van der Waals surface area contributed by atoms with Crippen molar-refractivity contribution in [1.82, 2.24) is 15.5 Å². The second-order valence-electron chi connectivity index (χ2n) is 6.57. The Morgan fingerprint density at radius 2 is 2.16 bits per heavy atom. The number of morpholine rings is 1. The zero-order valence-electron chi connectivity index (χ0n) is 14.2. The van der Waals surface area contributed by atoms with Crippen LogP contribution in [-0.2, 0) is 11.3 Å². The van der Waals surface area contributed by atoms with Crippen LogP contribution >= 0.6 is 0 Å². The average molecular weight is 359 g/mol. The van der Waals surface area contributed by atoms with Crippen LogP contribution in [0.1, 0.15) is 24.2 Å². The van der Waals surface area contributed by atoms with Crippen LogP contribution in [0.4, 0.5) is 13.2 Å². The lowest BCUT2D eigenvalue weighted by atomic mass is 10.0. The number of rotatable bonds is 4. The smallest absolute Gasteiger partial charge is 0.405 e. The summed E-state index contributed by atoms with van der Waals surface area (Å²) in [4.78, 5) is 2.14. The minimum absolute atomic E-state index is 0.134. The molecule has 1 aromatic carbocycles.